The zero-order valence-electron chi connectivity index (χ0n) is 15.2. The summed E-state index contributed by atoms with van der Waals surface area (Å²) in [6, 6.07) is 6.44. The highest BCUT2D eigenvalue weighted by atomic mass is 16.7. The highest BCUT2D eigenvalue weighted by Crippen LogP contribution is 2.23. The quantitative estimate of drug-likeness (QED) is 0.596. The number of fused-ring (bicyclic) bond motifs is 1. The van der Waals surface area contributed by atoms with E-state index in [1.165, 1.54) is 18.1 Å². The minimum atomic E-state index is -0.641. The molecule has 0 fully saturated rings. The number of carbonyl (C=O) groups excluding carboxylic acids is 3. The predicted molar refractivity (Wildman–Crippen MR) is 94.5 cm³/mol. The Hall–Kier alpha value is -3.00. The van der Waals surface area contributed by atoms with Gasteiger partial charge >= 0.3 is 6.09 Å². The maximum atomic E-state index is 12.2. The Bertz CT molecular complexity index is 744. The van der Waals surface area contributed by atoms with Crippen molar-refractivity contribution in [3.8, 4) is 0 Å². The molecule has 3 amide bonds. The SMILES string of the molecule is C=N/C(=C\N(C)C(=O)OC(C)(C)C)CON1C(=O)c2ccccc2C1=O. The van der Waals surface area contributed by atoms with Gasteiger partial charge in [-0.3, -0.25) is 24.3 Å². The highest BCUT2D eigenvalue weighted by molar-refractivity contribution is 6.20. The van der Waals surface area contributed by atoms with Crippen molar-refractivity contribution in [2.45, 2.75) is 26.4 Å². The summed E-state index contributed by atoms with van der Waals surface area (Å²) in [5.41, 5.74) is 0.160. The Labute approximate surface area is 151 Å². The van der Waals surface area contributed by atoms with E-state index in [9.17, 15) is 14.4 Å². The van der Waals surface area contributed by atoms with Crippen molar-refractivity contribution >= 4 is 24.6 Å². The molecule has 0 aromatic heterocycles. The third-order valence-corrected chi connectivity index (χ3v) is 3.33. The number of imide groups is 1. The normalized spacial score (nSPS) is 14.3. The van der Waals surface area contributed by atoms with Gasteiger partial charge in [0.25, 0.3) is 11.8 Å². The van der Waals surface area contributed by atoms with Gasteiger partial charge in [0, 0.05) is 13.2 Å². The van der Waals surface area contributed by atoms with Crippen molar-refractivity contribution in [2.24, 2.45) is 4.99 Å². The van der Waals surface area contributed by atoms with Crippen LogP contribution in [0.1, 0.15) is 41.5 Å². The summed E-state index contributed by atoms with van der Waals surface area (Å²) in [6.07, 6.45) is 0.776. The fraction of sp³-hybridized carbons (Fsp3) is 0.333. The Balaban J connectivity index is 2.03. The molecule has 1 aromatic rings. The van der Waals surface area contributed by atoms with E-state index in [0.717, 1.165) is 0 Å². The first-order chi connectivity index (χ1) is 12.1. The molecule has 1 heterocycles. The predicted octanol–water partition coefficient (Wildman–Crippen LogP) is 2.62. The molecule has 1 aliphatic heterocycles. The van der Waals surface area contributed by atoms with Gasteiger partial charge in [0.1, 0.15) is 12.2 Å². The summed E-state index contributed by atoms with van der Waals surface area (Å²) in [7, 11) is 1.49. The molecular formula is C18H21N3O5. The minimum Gasteiger partial charge on any atom is -0.443 e. The van der Waals surface area contributed by atoms with E-state index in [-0.39, 0.29) is 23.4 Å². The molecule has 0 spiro atoms. The number of amides is 3. The summed E-state index contributed by atoms with van der Waals surface area (Å²) >= 11 is 0. The first-order valence-electron chi connectivity index (χ1n) is 7.88. The van der Waals surface area contributed by atoms with Crippen LogP contribution in [0.5, 0.6) is 0 Å². The fourth-order valence-corrected chi connectivity index (χ4v) is 2.15. The van der Waals surface area contributed by atoms with Crippen molar-refractivity contribution in [2.75, 3.05) is 13.7 Å². The van der Waals surface area contributed by atoms with Gasteiger partial charge in [0.2, 0.25) is 0 Å². The summed E-state index contributed by atoms with van der Waals surface area (Å²) in [5, 5.41) is 0.678. The van der Waals surface area contributed by atoms with E-state index < -0.39 is 23.5 Å². The topological polar surface area (TPSA) is 88.5 Å². The number of hydrogen-bond acceptors (Lipinski definition) is 6. The summed E-state index contributed by atoms with van der Waals surface area (Å²) in [4.78, 5) is 46.6. The van der Waals surface area contributed by atoms with Gasteiger partial charge in [-0.25, -0.2) is 4.79 Å². The maximum absolute atomic E-state index is 12.2. The second-order valence-electron chi connectivity index (χ2n) is 6.59. The van der Waals surface area contributed by atoms with Gasteiger partial charge < -0.3 is 4.74 Å². The average molecular weight is 359 g/mol. The third kappa shape index (κ3) is 4.34. The average Bonchev–Trinajstić information content (AvgIpc) is 2.81. The number of carbonyl (C=O) groups is 3. The summed E-state index contributed by atoms with van der Waals surface area (Å²) in [6.45, 7) is 8.44. The second kappa shape index (κ2) is 7.49. The lowest BCUT2D eigenvalue weighted by Crippen LogP contribution is -2.32. The number of hydroxylamine groups is 2. The van der Waals surface area contributed by atoms with Crippen LogP contribution in [0.15, 0.2) is 41.2 Å². The largest absolute Gasteiger partial charge is 0.443 e. The van der Waals surface area contributed by atoms with Crippen LogP contribution in [0.3, 0.4) is 0 Å². The molecule has 2 rings (SSSR count). The Morgan fingerprint density at radius 3 is 2.23 bits per heavy atom. The van der Waals surface area contributed by atoms with E-state index in [2.05, 4.69) is 11.7 Å². The molecule has 8 heteroatoms. The lowest BCUT2D eigenvalue weighted by atomic mass is 10.1. The van der Waals surface area contributed by atoms with Crippen LogP contribution in [0, 0.1) is 0 Å². The molecule has 0 radical (unpaired) electrons. The molecule has 0 saturated heterocycles. The first-order valence-corrected chi connectivity index (χ1v) is 7.88. The molecule has 0 aliphatic carbocycles. The van der Waals surface area contributed by atoms with E-state index >= 15 is 0 Å². The molecule has 0 atom stereocenters. The van der Waals surface area contributed by atoms with Crippen molar-refractivity contribution in [3.63, 3.8) is 0 Å². The molecule has 0 saturated carbocycles. The Morgan fingerprint density at radius 1 is 1.23 bits per heavy atom. The van der Waals surface area contributed by atoms with Crippen LogP contribution < -0.4 is 0 Å². The fourth-order valence-electron chi connectivity index (χ4n) is 2.15. The van der Waals surface area contributed by atoms with E-state index in [4.69, 9.17) is 9.57 Å². The van der Waals surface area contributed by atoms with Crippen LogP contribution >= 0.6 is 0 Å². The van der Waals surface area contributed by atoms with Crippen LogP contribution in [0.4, 0.5) is 4.79 Å². The van der Waals surface area contributed by atoms with E-state index in [0.29, 0.717) is 5.06 Å². The molecular weight excluding hydrogens is 338 g/mol. The Kier molecular flexibility index (Phi) is 5.56. The standard InChI is InChI=1S/C18H21N3O5/c1-18(2,3)26-17(24)20(5)10-12(19-4)11-25-21-15(22)13-8-6-7-9-14(13)16(21)23/h6-10H,4,11H2,1-3,5H3/b12-10-. The van der Waals surface area contributed by atoms with Crippen LogP contribution in [0.2, 0.25) is 0 Å². The van der Waals surface area contributed by atoms with Gasteiger partial charge in [0.05, 0.1) is 16.8 Å². The van der Waals surface area contributed by atoms with Gasteiger partial charge in [-0.05, 0) is 39.6 Å². The number of rotatable bonds is 5. The molecule has 26 heavy (non-hydrogen) atoms. The highest BCUT2D eigenvalue weighted by Gasteiger charge is 2.36. The second-order valence-corrected chi connectivity index (χ2v) is 6.59. The van der Waals surface area contributed by atoms with Crippen molar-refractivity contribution < 1.29 is 24.0 Å². The molecule has 0 N–H and O–H groups in total. The number of ether oxygens (including phenoxy) is 1. The van der Waals surface area contributed by atoms with Gasteiger partial charge in [-0.1, -0.05) is 12.1 Å². The van der Waals surface area contributed by atoms with Crippen LogP contribution in [-0.4, -0.2) is 53.8 Å². The third-order valence-electron chi connectivity index (χ3n) is 3.33. The first kappa shape index (κ1) is 19.3. The molecule has 0 bridgehead atoms. The van der Waals surface area contributed by atoms with E-state index in [1.54, 1.807) is 45.0 Å². The number of nitrogens with zero attached hydrogens (tertiary/aromatic N) is 3. The smallest absolute Gasteiger partial charge is 0.414 e. The molecule has 8 nitrogen and oxygen atoms in total. The van der Waals surface area contributed by atoms with Crippen LogP contribution in [-0.2, 0) is 9.57 Å². The molecule has 1 aliphatic rings. The number of aliphatic imine (C=N–C) groups is 1. The summed E-state index contributed by atoms with van der Waals surface area (Å²) < 4.78 is 5.22. The minimum absolute atomic E-state index is 0.220. The van der Waals surface area contributed by atoms with Crippen molar-refractivity contribution in [3.05, 3.63) is 47.3 Å². The van der Waals surface area contributed by atoms with Crippen LogP contribution in [0.25, 0.3) is 0 Å². The van der Waals surface area contributed by atoms with Crippen molar-refractivity contribution in [1.82, 2.24) is 9.96 Å². The molecule has 138 valence electrons. The Morgan fingerprint density at radius 2 is 1.77 bits per heavy atom. The van der Waals surface area contributed by atoms with Gasteiger partial charge in [-0.2, -0.15) is 0 Å². The number of hydrogen-bond donors (Lipinski definition) is 0. The molecule has 0 unspecified atom stereocenters. The summed E-state index contributed by atoms with van der Waals surface area (Å²) in [5.74, 6) is -1.09. The zero-order valence-corrected chi connectivity index (χ0v) is 15.2. The molecule has 1 aromatic carbocycles. The number of benzene rings is 1. The maximum Gasteiger partial charge on any atom is 0.414 e. The van der Waals surface area contributed by atoms with Gasteiger partial charge in [0.15, 0.2) is 0 Å². The van der Waals surface area contributed by atoms with Crippen molar-refractivity contribution in [1.29, 1.82) is 0 Å². The monoisotopic (exact) mass is 359 g/mol. The van der Waals surface area contributed by atoms with E-state index in [1.807, 2.05) is 0 Å². The lowest BCUT2D eigenvalue weighted by Gasteiger charge is -2.23. The zero-order chi connectivity index (χ0) is 19.5. The lowest BCUT2D eigenvalue weighted by molar-refractivity contribution is -0.0828. The van der Waals surface area contributed by atoms with Gasteiger partial charge in [-0.15, -0.1) is 5.06 Å².